The molecule has 0 heterocycles. The van der Waals surface area contributed by atoms with Gasteiger partial charge in [-0.15, -0.1) is 0 Å². The van der Waals surface area contributed by atoms with Gasteiger partial charge in [-0.3, -0.25) is 0 Å². The van der Waals surface area contributed by atoms with E-state index in [1.54, 1.807) is 0 Å². The fourth-order valence-electron chi connectivity index (χ4n) is 3.52. The van der Waals surface area contributed by atoms with Crippen LogP contribution in [0.3, 0.4) is 0 Å². The third kappa shape index (κ3) is 2.03. The molecular formula is C16H25NO. The first-order valence-corrected chi connectivity index (χ1v) is 7.16. The highest BCUT2D eigenvalue weighted by Gasteiger charge is 2.50. The minimum atomic E-state index is 0.313. The highest BCUT2D eigenvalue weighted by Crippen LogP contribution is 2.56. The molecule has 0 aromatic heterocycles. The van der Waals surface area contributed by atoms with Crippen LogP contribution in [0.25, 0.3) is 0 Å². The Morgan fingerprint density at radius 2 is 1.78 bits per heavy atom. The van der Waals surface area contributed by atoms with E-state index in [1.165, 1.54) is 18.4 Å². The Balaban J connectivity index is 2.17. The van der Waals surface area contributed by atoms with Gasteiger partial charge >= 0.3 is 0 Å². The summed E-state index contributed by atoms with van der Waals surface area (Å²) in [6, 6.07) is 8.95. The Hall–Kier alpha value is -1.02. The van der Waals surface area contributed by atoms with Crippen LogP contribution in [0, 0.1) is 5.41 Å². The first-order valence-electron chi connectivity index (χ1n) is 7.16. The zero-order valence-electron chi connectivity index (χ0n) is 11.8. The zero-order valence-corrected chi connectivity index (χ0v) is 11.8. The van der Waals surface area contributed by atoms with Gasteiger partial charge in [-0.05, 0) is 55.2 Å². The molecule has 0 amide bonds. The van der Waals surface area contributed by atoms with Crippen molar-refractivity contribution in [2.45, 2.75) is 52.0 Å². The van der Waals surface area contributed by atoms with Crippen molar-refractivity contribution < 1.29 is 4.74 Å². The smallest absolute Gasteiger partial charge is 0.119 e. The molecule has 0 spiro atoms. The van der Waals surface area contributed by atoms with Crippen LogP contribution >= 0.6 is 0 Å². The molecule has 0 saturated heterocycles. The summed E-state index contributed by atoms with van der Waals surface area (Å²) < 4.78 is 5.49. The van der Waals surface area contributed by atoms with Crippen LogP contribution in [-0.4, -0.2) is 12.6 Å². The lowest BCUT2D eigenvalue weighted by Gasteiger charge is -2.55. The fraction of sp³-hybridized carbons (Fsp3) is 0.625. The van der Waals surface area contributed by atoms with Crippen molar-refractivity contribution in [2.24, 2.45) is 11.1 Å². The Labute approximate surface area is 111 Å². The lowest BCUT2D eigenvalue weighted by molar-refractivity contribution is 0.0438. The van der Waals surface area contributed by atoms with E-state index in [0.717, 1.165) is 18.8 Å². The molecule has 2 atom stereocenters. The fourth-order valence-corrected chi connectivity index (χ4v) is 3.52. The van der Waals surface area contributed by atoms with Gasteiger partial charge in [0, 0.05) is 6.04 Å². The third-order valence-corrected chi connectivity index (χ3v) is 4.83. The number of hydrogen-bond acceptors (Lipinski definition) is 2. The standard InChI is InChI=1S/C16H25NO/c1-4-16(5-2)14(11-15(16)17)12-7-9-13(10-8-12)18-6-3/h7-10,14-15H,4-6,11,17H2,1-3H3. The summed E-state index contributed by atoms with van der Waals surface area (Å²) >= 11 is 0. The minimum Gasteiger partial charge on any atom is -0.494 e. The topological polar surface area (TPSA) is 35.2 Å². The van der Waals surface area contributed by atoms with Gasteiger partial charge in [-0.25, -0.2) is 0 Å². The molecule has 0 bridgehead atoms. The maximum Gasteiger partial charge on any atom is 0.119 e. The Kier molecular flexibility index (Phi) is 3.96. The number of ether oxygens (including phenoxy) is 1. The molecule has 0 radical (unpaired) electrons. The van der Waals surface area contributed by atoms with E-state index in [1.807, 2.05) is 6.92 Å². The summed E-state index contributed by atoms with van der Waals surface area (Å²) in [5, 5.41) is 0. The van der Waals surface area contributed by atoms with E-state index in [4.69, 9.17) is 10.5 Å². The van der Waals surface area contributed by atoms with Gasteiger partial charge < -0.3 is 10.5 Å². The molecule has 2 unspecified atom stereocenters. The van der Waals surface area contributed by atoms with E-state index in [9.17, 15) is 0 Å². The molecule has 2 heteroatoms. The SMILES string of the molecule is CCOc1ccc(C2CC(N)C2(CC)CC)cc1. The molecule has 1 aliphatic carbocycles. The van der Waals surface area contributed by atoms with Gasteiger partial charge in [-0.1, -0.05) is 26.0 Å². The summed E-state index contributed by atoms with van der Waals surface area (Å²) in [5.74, 6) is 1.58. The normalized spacial score (nSPS) is 25.6. The Morgan fingerprint density at radius 3 is 2.22 bits per heavy atom. The molecule has 1 saturated carbocycles. The molecule has 1 aromatic carbocycles. The quantitative estimate of drug-likeness (QED) is 0.861. The summed E-state index contributed by atoms with van der Waals surface area (Å²) in [5.41, 5.74) is 7.99. The van der Waals surface area contributed by atoms with E-state index in [2.05, 4.69) is 38.1 Å². The summed E-state index contributed by atoms with van der Waals surface area (Å²) in [6.45, 7) is 7.27. The largest absolute Gasteiger partial charge is 0.494 e. The average molecular weight is 247 g/mol. The van der Waals surface area contributed by atoms with Gasteiger partial charge in [0.1, 0.15) is 5.75 Å². The highest BCUT2D eigenvalue weighted by atomic mass is 16.5. The second kappa shape index (κ2) is 5.31. The van der Waals surface area contributed by atoms with Crippen LogP contribution in [0.15, 0.2) is 24.3 Å². The van der Waals surface area contributed by atoms with Crippen LogP contribution < -0.4 is 10.5 Å². The molecule has 100 valence electrons. The van der Waals surface area contributed by atoms with Crippen LogP contribution in [0.1, 0.15) is 51.5 Å². The lowest BCUT2D eigenvalue weighted by Crippen LogP contribution is -2.55. The van der Waals surface area contributed by atoms with Crippen molar-refractivity contribution in [3.05, 3.63) is 29.8 Å². The van der Waals surface area contributed by atoms with E-state index in [0.29, 0.717) is 17.4 Å². The molecule has 1 fully saturated rings. The summed E-state index contributed by atoms with van der Waals surface area (Å²) in [6.07, 6.45) is 3.46. The Morgan fingerprint density at radius 1 is 1.17 bits per heavy atom. The first kappa shape index (κ1) is 13.4. The van der Waals surface area contributed by atoms with Crippen molar-refractivity contribution in [1.29, 1.82) is 0 Å². The zero-order chi connectivity index (χ0) is 13.2. The maximum absolute atomic E-state index is 6.26. The van der Waals surface area contributed by atoms with E-state index >= 15 is 0 Å². The lowest BCUT2D eigenvalue weighted by atomic mass is 9.52. The molecule has 0 aliphatic heterocycles. The number of rotatable bonds is 5. The maximum atomic E-state index is 6.26. The molecule has 2 rings (SSSR count). The van der Waals surface area contributed by atoms with Gasteiger partial charge in [0.15, 0.2) is 0 Å². The average Bonchev–Trinajstić information content (AvgIpc) is 2.39. The second-order valence-corrected chi connectivity index (χ2v) is 5.34. The van der Waals surface area contributed by atoms with Crippen molar-refractivity contribution in [3.8, 4) is 5.75 Å². The predicted molar refractivity (Wildman–Crippen MR) is 76.0 cm³/mol. The van der Waals surface area contributed by atoms with Gasteiger partial charge in [-0.2, -0.15) is 0 Å². The number of nitrogens with two attached hydrogens (primary N) is 1. The van der Waals surface area contributed by atoms with Crippen LogP contribution in [0.4, 0.5) is 0 Å². The van der Waals surface area contributed by atoms with Gasteiger partial charge in [0.05, 0.1) is 6.61 Å². The van der Waals surface area contributed by atoms with Gasteiger partial charge in [0.25, 0.3) is 0 Å². The number of benzene rings is 1. The third-order valence-electron chi connectivity index (χ3n) is 4.83. The monoisotopic (exact) mass is 247 g/mol. The molecule has 18 heavy (non-hydrogen) atoms. The first-order chi connectivity index (χ1) is 8.67. The van der Waals surface area contributed by atoms with Crippen molar-refractivity contribution in [2.75, 3.05) is 6.61 Å². The minimum absolute atomic E-state index is 0.313. The molecule has 2 nitrogen and oxygen atoms in total. The van der Waals surface area contributed by atoms with Crippen molar-refractivity contribution >= 4 is 0 Å². The van der Waals surface area contributed by atoms with Crippen LogP contribution in [-0.2, 0) is 0 Å². The van der Waals surface area contributed by atoms with Gasteiger partial charge in [0.2, 0.25) is 0 Å². The molecular weight excluding hydrogens is 222 g/mol. The number of hydrogen-bond donors (Lipinski definition) is 1. The van der Waals surface area contributed by atoms with Crippen molar-refractivity contribution in [3.63, 3.8) is 0 Å². The van der Waals surface area contributed by atoms with E-state index in [-0.39, 0.29) is 0 Å². The van der Waals surface area contributed by atoms with Crippen LogP contribution in [0.5, 0.6) is 5.75 Å². The van der Waals surface area contributed by atoms with Crippen molar-refractivity contribution in [1.82, 2.24) is 0 Å². The predicted octanol–water partition coefficient (Wildman–Crippen LogP) is 3.71. The summed E-state index contributed by atoms with van der Waals surface area (Å²) in [4.78, 5) is 0. The highest BCUT2D eigenvalue weighted by molar-refractivity contribution is 5.33. The van der Waals surface area contributed by atoms with Crippen LogP contribution in [0.2, 0.25) is 0 Å². The molecule has 1 aliphatic rings. The summed E-state index contributed by atoms with van der Waals surface area (Å²) in [7, 11) is 0. The second-order valence-electron chi connectivity index (χ2n) is 5.34. The van der Waals surface area contributed by atoms with E-state index < -0.39 is 0 Å². The molecule has 1 aromatic rings. The molecule has 2 N–H and O–H groups in total. The Bertz CT molecular complexity index is 381.